The van der Waals surface area contributed by atoms with Gasteiger partial charge in [0.25, 0.3) is 0 Å². The molecule has 0 radical (unpaired) electrons. The molecule has 0 saturated carbocycles. The first kappa shape index (κ1) is 15.8. The predicted octanol–water partition coefficient (Wildman–Crippen LogP) is 4.16. The summed E-state index contributed by atoms with van der Waals surface area (Å²) in [6.07, 6.45) is 3.48. The van der Waals surface area contributed by atoms with E-state index in [1.54, 1.807) is 0 Å². The summed E-state index contributed by atoms with van der Waals surface area (Å²) in [7, 11) is 0. The number of nitrogens with zero attached hydrogens (tertiary/aromatic N) is 2. The second-order valence-electron chi connectivity index (χ2n) is 7.10. The van der Waals surface area contributed by atoms with Crippen molar-refractivity contribution >= 4 is 17.2 Å². The normalized spacial score (nSPS) is 19.1. The fourth-order valence-electron chi connectivity index (χ4n) is 2.98. The Morgan fingerprint density at radius 2 is 2.13 bits per heavy atom. The molecule has 0 aliphatic carbocycles. The van der Waals surface area contributed by atoms with Crippen LogP contribution in [0.25, 0.3) is 11.1 Å². The lowest BCUT2D eigenvalue weighted by molar-refractivity contribution is 0.00935. The van der Waals surface area contributed by atoms with Crippen LogP contribution in [0.3, 0.4) is 0 Å². The van der Waals surface area contributed by atoms with Gasteiger partial charge < -0.3 is 14.1 Å². The van der Waals surface area contributed by atoms with Crippen LogP contribution in [0.2, 0.25) is 0 Å². The number of benzene rings is 1. The molecule has 0 bridgehead atoms. The van der Waals surface area contributed by atoms with Crippen molar-refractivity contribution in [3.63, 3.8) is 0 Å². The number of carbonyl (C=O) groups excluding carboxylic acids is 1. The van der Waals surface area contributed by atoms with Crippen molar-refractivity contribution in [1.29, 1.82) is 0 Å². The Hall–Kier alpha value is -2.04. The molecule has 0 spiro atoms. The second kappa shape index (κ2) is 6.22. The number of piperidine rings is 1. The molecule has 1 aromatic heterocycles. The monoisotopic (exact) mass is 316 g/mol. The molecule has 2 heterocycles. The number of carbonyl (C=O) groups is 1. The van der Waals surface area contributed by atoms with Gasteiger partial charge in [0.2, 0.25) is 0 Å². The maximum Gasteiger partial charge on any atom is 0.410 e. The molecule has 124 valence electrons. The molecule has 1 saturated heterocycles. The summed E-state index contributed by atoms with van der Waals surface area (Å²) in [4.78, 5) is 18.8. The number of oxazole rings is 1. The van der Waals surface area contributed by atoms with Crippen LogP contribution in [0.1, 0.15) is 45.9 Å². The van der Waals surface area contributed by atoms with Gasteiger partial charge in [0, 0.05) is 19.0 Å². The molecule has 3 rings (SSSR count). The van der Waals surface area contributed by atoms with Gasteiger partial charge in [-0.05, 0) is 52.2 Å². The molecule has 1 amide bonds. The molecule has 1 atom stereocenters. The zero-order valence-electron chi connectivity index (χ0n) is 14.0. The Morgan fingerprint density at radius 1 is 1.35 bits per heavy atom. The van der Waals surface area contributed by atoms with E-state index < -0.39 is 5.60 Å². The fourth-order valence-corrected chi connectivity index (χ4v) is 2.98. The van der Waals surface area contributed by atoms with Crippen molar-refractivity contribution < 1.29 is 13.9 Å². The number of likely N-dealkylation sites (tertiary alicyclic amines) is 1. The summed E-state index contributed by atoms with van der Waals surface area (Å²) in [5.41, 5.74) is 1.18. The first-order chi connectivity index (χ1) is 10.9. The van der Waals surface area contributed by atoms with Gasteiger partial charge >= 0.3 is 6.09 Å². The Morgan fingerprint density at radius 3 is 2.87 bits per heavy atom. The highest BCUT2D eigenvalue weighted by atomic mass is 16.6. The molecule has 1 fully saturated rings. The van der Waals surface area contributed by atoms with Crippen LogP contribution in [0, 0.1) is 0 Å². The van der Waals surface area contributed by atoms with Crippen molar-refractivity contribution in [1.82, 2.24) is 9.88 Å². The van der Waals surface area contributed by atoms with Crippen LogP contribution < -0.4 is 0 Å². The molecule has 0 N–H and O–H groups in total. The molecule has 5 nitrogen and oxygen atoms in total. The lowest BCUT2D eigenvalue weighted by atomic mass is 10.00. The third-order valence-corrected chi connectivity index (χ3v) is 4.00. The van der Waals surface area contributed by atoms with Gasteiger partial charge in [-0.25, -0.2) is 9.78 Å². The van der Waals surface area contributed by atoms with Gasteiger partial charge in [-0.15, -0.1) is 0 Å². The van der Waals surface area contributed by atoms with E-state index in [9.17, 15) is 4.79 Å². The molecule has 1 aromatic carbocycles. The highest BCUT2D eigenvalue weighted by molar-refractivity contribution is 5.72. The third-order valence-electron chi connectivity index (χ3n) is 4.00. The van der Waals surface area contributed by atoms with Crippen LogP contribution in [-0.4, -0.2) is 34.2 Å². The Kier molecular flexibility index (Phi) is 4.28. The van der Waals surface area contributed by atoms with Gasteiger partial charge in [0.1, 0.15) is 11.1 Å². The van der Waals surface area contributed by atoms with Gasteiger partial charge in [0.15, 0.2) is 11.5 Å². The zero-order chi connectivity index (χ0) is 16.4. The van der Waals surface area contributed by atoms with Crippen molar-refractivity contribution in [2.24, 2.45) is 0 Å². The number of hydrogen-bond donors (Lipinski definition) is 0. The molecule has 1 aliphatic rings. The fraction of sp³-hybridized carbons (Fsp3) is 0.556. The van der Waals surface area contributed by atoms with Crippen molar-refractivity contribution in [3.8, 4) is 0 Å². The average molecular weight is 316 g/mol. The van der Waals surface area contributed by atoms with Crippen LogP contribution in [-0.2, 0) is 11.2 Å². The maximum atomic E-state index is 12.4. The van der Waals surface area contributed by atoms with Gasteiger partial charge in [0.05, 0.1) is 0 Å². The first-order valence-corrected chi connectivity index (χ1v) is 8.26. The quantitative estimate of drug-likeness (QED) is 0.835. The summed E-state index contributed by atoms with van der Waals surface area (Å²) in [6, 6.07) is 7.83. The molecular formula is C18H24N2O3. The van der Waals surface area contributed by atoms with Gasteiger partial charge in [-0.3, -0.25) is 0 Å². The lowest BCUT2D eigenvalue weighted by Gasteiger charge is -2.36. The van der Waals surface area contributed by atoms with E-state index in [0.717, 1.165) is 36.9 Å². The largest absolute Gasteiger partial charge is 0.444 e. The van der Waals surface area contributed by atoms with Crippen LogP contribution in [0.15, 0.2) is 28.7 Å². The van der Waals surface area contributed by atoms with E-state index in [0.29, 0.717) is 12.3 Å². The highest BCUT2D eigenvalue weighted by Crippen LogP contribution is 2.24. The molecule has 1 aliphatic heterocycles. The summed E-state index contributed by atoms with van der Waals surface area (Å²) in [6.45, 7) is 6.42. The molecule has 2 aromatic rings. The number of rotatable bonds is 2. The third kappa shape index (κ3) is 3.84. The Bertz CT molecular complexity index is 654. The zero-order valence-corrected chi connectivity index (χ0v) is 14.0. The topological polar surface area (TPSA) is 55.6 Å². The van der Waals surface area contributed by atoms with E-state index in [4.69, 9.17) is 9.15 Å². The van der Waals surface area contributed by atoms with Crippen LogP contribution in [0.4, 0.5) is 4.79 Å². The Labute approximate surface area is 136 Å². The number of hydrogen-bond acceptors (Lipinski definition) is 4. The lowest BCUT2D eigenvalue weighted by Crippen LogP contribution is -2.47. The summed E-state index contributed by atoms with van der Waals surface area (Å²) < 4.78 is 11.3. The van der Waals surface area contributed by atoms with Gasteiger partial charge in [-0.2, -0.15) is 0 Å². The minimum atomic E-state index is -0.476. The number of amides is 1. The van der Waals surface area contributed by atoms with E-state index in [2.05, 4.69) is 4.98 Å². The standard InChI is InChI=1S/C18H24N2O3/c1-18(2,3)23-17(21)20-11-7-6-8-13(20)12-16-19-14-9-4-5-10-15(14)22-16/h4-5,9-10,13H,6-8,11-12H2,1-3H3. The minimum absolute atomic E-state index is 0.0895. The summed E-state index contributed by atoms with van der Waals surface area (Å²) in [5.74, 6) is 0.687. The molecule has 23 heavy (non-hydrogen) atoms. The number of ether oxygens (including phenoxy) is 1. The van der Waals surface area contributed by atoms with Crippen molar-refractivity contribution in [2.75, 3.05) is 6.54 Å². The maximum absolute atomic E-state index is 12.4. The SMILES string of the molecule is CC(C)(C)OC(=O)N1CCCCC1Cc1nc2ccccc2o1. The summed E-state index contributed by atoms with van der Waals surface area (Å²) in [5, 5.41) is 0. The van der Waals surface area contributed by atoms with E-state index in [1.807, 2.05) is 49.9 Å². The van der Waals surface area contributed by atoms with Gasteiger partial charge in [-0.1, -0.05) is 12.1 Å². The highest BCUT2D eigenvalue weighted by Gasteiger charge is 2.31. The number of para-hydroxylation sites is 2. The van der Waals surface area contributed by atoms with Crippen molar-refractivity contribution in [3.05, 3.63) is 30.2 Å². The minimum Gasteiger partial charge on any atom is -0.444 e. The first-order valence-electron chi connectivity index (χ1n) is 8.26. The summed E-state index contributed by atoms with van der Waals surface area (Å²) >= 11 is 0. The van der Waals surface area contributed by atoms with Crippen molar-refractivity contribution in [2.45, 2.75) is 58.1 Å². The Balaban J connectivity index is 1.74. The molecular weight excluding hydrogens is 292 g/mol. The number of fused-ring (bicyclic) bond motifs is 1. The van der Waals surface area contributed by atoms with E-state index in [1.165, 1.54) is 0 Å². The molecule has 1 unspecified atom stereocenters. The second-order valence-corrected chi connectivity index (χ2v) is 7.10. The predicted molar refractivity (Wildman–Crippen MR) is 88.3 cm³/mol. The smallest absolute Gasteiger partial charge is 0.410 e. The molecule has 5 heteroatoms. The van der Waals surface area contributed by atoms with E-state index >= 15 is 0 Å². The van der Waals surface area contributed by atoms with E-state index in [-0.39, 0.29) is 12.1 Å². The van der Waals surface area contributed by atoms with Crippen LogP contribution >= 0.6 is 0 Å². The van der Waals surface area contributed by atoms with Crippen LogP contribution in [0.5, 0.6) is 0 Å². The number of aromatic nitrogens is 1. The average Bonchev–Trinajstić information content (AvgIpc) is 2.88.